The molecule has 1 heterocycles. The number of ketones is 1. The van der Waals surface area contributed by atoms with E-state index in [1.165, 1.54) is 5.57 Å². The number of Topliss-reactive ketones (excluding diaryl/α,β-unsaturated/α-hetero) is 1. The number of hydrogen-bond donors (Lipinski definition) is 0. The van der Waals surface area contributed by atoms with Gasteiger partial charge in [-0.2, -0.15) is 0 Å². The number of nitrogens with zero attached hydrogens (tertiary/aromatic N) is 1. The minimum Gasteiger partial charge on any atom is -0.477 e. The van der Waals surface area contributed by atoms with Crippen LogP contribution in [0.25, 0.3) is 0 Å². The van der Waals surface area contributed by atoms with Crippen molar-refractivity contribution in [3.63, 3.8) is 0 Å². The van der Waals surface area contributed by atoms with Gasteiger partial charge in [0.25, 0.3) is 0 Å². The molecule has 0 unspecified atom stereocenters. The largest absolute Gasteiger partial charge is 0.477 e. The van der Waals surface area contributed by atoms with Crippen molar-refractivity contribution in [3.8, 4) is 5.75 Å². The first kappa shape index (κ1) is 12.8. The fourth-order valence-electron chi connectivity index (χ4n) is 2.04. The zero-order valence-corrected chi connectivity index (χ0v) is 10.8. The molecule has 0 bridgehead atoms. The predicted molar refractivity (Wildman–Crippen MR) is 71.9 cm³/mol. The van der Waals surface area contributed by atoms with E-state index in [-0.39, 0.29) is 5.78 Å². The molecule has 0 spiro atoms. The molecule has 2 rings (SSSR count). The normalized spacial score (nSPS) is 16.6. The molecule has 0 atom stereocenters. The summed E-state index contributed by atoms with van der Waals surface area (Å²) < 4.78 is 5.75. The molecule has 0 amide bonds. The summed E-state index contributed by atoms with van der Waals surface area (Å²) in [4.78, 5) is 13.7. The number of benzene rings is 1. The number of para-hydroxylation sites is 1. The molecule has 18 heavy (non-hydrogen) atoms. The first-order valence-electron chi connectivity index (χ1n) is 6.28. The smallest absolute Gasteiger partial charge is 0.163 e. The number of carbonyl (C=O) groups is 1. The van der Waals surface area contributed by atoms with Crippen molar-refractivity contribution in [2.75, 3.05) is 19.8 Å². The summed E-state index contributed by atoms with van der Waals surface area (Å²) in [5, 5.41) is 0. The van der Waals surface area contributed by atoms with Crippen LogP contribution in [0.1, 0.15) is 30.1 Å². The molecule has 96 valence electrons. The maximum atomic E-state index is 11.5. The van der Waals surface area contributed by atoms with Crippen LogP contribution in [0.2, 0.25) is 0 Å². The highest BCUT2D eigenvalue weighted by molar-refractivity contribution is 5.96. The van der Waals surface area contributed by atoms with Gasteiger partial charge in [-0.05, 0) is 31.9 Å². The van der Waals surface area contributed by atoms with E-state index in [4.69, 9.17) is 4.74 Å². The van der Waals surface area contributed by atoms with Crippen molar-refractivity contribution in [1.29, 1.82) is 0 Å². The highest BCUT2D eigenvalue weighted by Gasteiger charge is 2.14. The van der Waals surface area contributed by atoms with Gasteiger partial charge in [0.15, 0.2) is 5.78 Å². The second kappa shape index (κ2) is 5.83. The van der Waals surface area contributed by atoms with E-state index in [1.807, 2.05) is 18.2 Å². The molecule has 1 aliphatic rings. The average Bonchev–Trinajstić information content (AvgIpc) is 2.38. The molecule has 0 saturated carbocycles. The third-order valence-electron chi connectivity index (χ3n) is 3.23. The van der Waals surface area contributed by atoms with Gasteiger partial charge < -0.3 is 4.74 Å². The van der Waals surface area contributed by atoms with Crippen molar-refractivity contribution in [2.24, 2.45) is 0 Å². The summed E-state index contributed by atoms with van der Waals surface area (Å²) in [6, 6.07) is 7.39. The Balaban J connectivity index is 1.94. The van der Waals surface area contributed by atoms with Crippen LogP contribution in [0.3, 0.4) is 0 Å². The van der Waals surface area contributed by atoms with Gasteiger partial charge in [-0.3, -0.25) is 9.69 Å². The summed E-state index contributed by atoms with van der Waals surface area (Å²) in [6.07, 6.45) is 2.08. The van der Waals surface area contributed by atoms with E-state index in [2.05, 4.69) is 11.5 Å². The molecule has 0 aliphatic carbocycles. The van der Waals surface area contributed by atoms with Crippen molar-refractivity contribution >= 4 is 5.78 Å². The van der Waals surface area contributed by atoms with Crippen LogP contribution in [-0.2, 0) is 0 Å². The Morgan fingerprint density at radius 2 is 2.00 bits per heavy atom. The van der Waals surface area contributed by atoms with Gasteiger partial charge in [0, 0.05) is 13.1 Å². The average molecular weight is 245 g/mol. The second-order valence-electron chi connectivity index (χ2n) is 4.69. The SMILES string of the molecule is C=C1CCN(COc2ccccc2C(C)=O)CC1. The lowest BCUT2D eigenvalue weighted by molar-refractivity contribution is 0.0988. The number of likely N-dealkylation sites (tertiary alicyclic amines) is 1. The Hall–Kier alpha value is -1.61. The first-order valence-corrected chi connectivity index (χ1v) is 6.28. The van der Waals surface area contributed by atoms with Crippen LogP contribution in [0.5, 0.6) is 5.75 Å². The standard InChI is InChI=1S/C15H19NO2/c1-12-7-9-16(10-8-12)11-18-15-6-4-3-5-14(15)13(2)17/h3-6H,1,7-11H2,2H3. The zero-order valence-electron chi connectivity index (χ0n) is 10.8. The summed E-state index contributed by atoms with van der Waals surface area (Å²) in [7, 11) is 0. The quantitative estimate of drug-likeness (QED) is 0.603. The first-order chi connectivity index (χ1) is 8.66. The monoisotopic (exact) mass is 245 g/mol. The van der Waals surface area contributed by atoms with E-state index in [0.29, 0.717) is 18.0 Å². The lowest BCUT2D eigenvalue weighted by Gasteiger charge is -2.27. The maximum absolute atomic E-state index is 11.5. The Labute approximate surface area is 108 Å². The number of carbonyl (C=O) groups excluding carboxylic acids is 1. The summed E-state index contributed by atoms with van der Waals surface area (Å²) in [5.74, 6) is 0.715. The molecule has 0 radical (unpaired) electrons. The molecule has 0 aromatic heterocycles. The number of piperidine rings is 1. The number of ether oxygens (including phenoxy) is 1. The number of hydrogen-bond acceptors (Lipinski definition) is 3. The maximum Gasteiger partial charge on any atom is 0.163 e. The van der Waals surface area contributed by atoms with Crippen molar-refractivity contribution < 1.29 is 9.53 Å². The molecule has 3 nitrogen and oxygen atoms in total. The van der Waals surface area contributed by atoms with E-state index in [1.54, 1.807) is 13.0 Å². The molecule has 1 aliphatic heterocycles. The highest BCUT2D eigenvalue weighted by Crippen LogP contribution is 2.20. The van der Waals surface area contributed by atoms with Gasteiger partial charge in [-0.15, -0.1) is 0 Å². The van der Waals surface area contributed by atoms with Crippen LogP contribution in [0.4, 0.5) is 0 Å². The van der Waals surface area contributed by atoms with Crippen molar-refractivity contribution in [2.45, 2.75) is 19.8 Å². The minimum absolute atomic E-state index is 0.0395. The van der Waals surface area contributed by atoms with Gasteiger partial charge >= 0.3 is 0 Å². The third kappa shape index (κ3) is 3.20. The molecule has 0 N–H and O–H groups in total. The summed E-state index contributed by atoms with van der Waals surface area (Å²) in [6.45, 7) is 8.07. The Morgan fingerprint density at radius 1 is 1.33 bits per heavy atom. The lowest BCUT2D eigenvalue weighted by Crippen LogP contribution is -2.34. The summed E-state index contributed by atoms with van der Waals surface area (Å²) in [5.41, 5.74) is 1.97. The molecule has 1 saturated heterocycles. The van der Waals surface area contributed by atoms with Crippen LogP contribution < -0.4 is 4.74 Å². The van der Waals surface area contributed by atoms with E-state index >= 15 is 0 Å². The third-order valence-corrected chi connectivity index (χ3v) is 3.23. The predicted octanol–water partition coefficient (Wildman–Crippen LogP) is 2.88. The minimum atomic E-state index is 0.0395. The lowest BCUT2D eigenvalue weighted by atomic mass is 10.1. The van der Waals surface area contributed by atoms with Gasteiger partial charge in [-0.1, -0.05) is 24.3 Å². The van der Waals surface area contributed by atoms with Gasteiger partial charge in [0.2, 0.25) is 0 Å². The highest BCUT2D eigenvalue weighted by atomic mass is 16.5. The Bertz CT molecular complexity index is 444. The van der Waals surface area contributed by atoms with E-state index in [9.17, 15) is 4.79 Å². The molecule has 1 aromatic carbocycles. The topological polar surface area (TPSA) is 29.5 Å². The van der Waals surface area contributed by atoms with Crippen LogP contribution >= 0.6 is 0 Å². The van der Waals surface area contributed by atoms with Crippen LogP contribution in [-0.4, -0.2) is 30.5 Å². The molecule has 1 aromatic rings. The molecule has 1 fully saturated rings. The Morgan fingerprint density at radius 3 is 2.67 bits per heavy atom. The van der Waals surface area contributed by atoms with E-state index in [0.717, 1.165) is 25.9 Å². The molecular formula is C15H19NO2. The van der Waals surface area contributed by atoms with Crippen LogP contribution in [0, 0.1) is 0 Å². The number of rotatable bonds is 4. The Kier molecular flexibility index (Phi) is 4.15. The second-order valence-corrected chi connectivity index (χ2v) is 4.69. The van der Waals surface area contributed by atoms with Gasteiger partial charge in [0.05, 0.1) is 5.56 Å². The molecule has 3 heteroatoms. The van der Waals surface area contributed by atoms with Crippen molar-refractivity contribution in [3.05, 3.63) is 42.0 Å². The van der Waals surface area contributed by atoms with Gasteiger partial charge in [0.1, 0.15) is 12.5 Å². The summed E-state index contributed by atoms with van der Waals surface area (Å²) >= 11 is 0. The molecular weight excluding hydrogens is 226 g/mol. The fourth-order valence-corrected chi connectivity index (χ4v) is 2.04. The fraction of sp³-hybridized carbons (Fsp3) is 0.400. The van der Waals surface area contributed by atoms with Crippen LogP contribution in [0.15, 0.2) is 36.4 Å². The zero-order chi connectivity index (χ0) is 13.0. The van der Waals surface area contributed by atoms with Crippen molar-refractivity contribution in [1.82, 2.24) is 4.90 Å². The van der Waals surface area contributed by atoms with Gasteiger partial charge in [-0.25, -0.2) is 0 Å². The van der Waals surface area contributed by atoms with E-state index < -0.39 is 0 Å².